The summed E-state index contributed by atoms with van der Waals surface area (Å²) < 4.78 is 13.7. The maximum atomic E-state index is 13.0. The van der Waals surface area contributed by atoms with E-state index in [-0.39, 0.29) is 29.4 Å². The highest BCUT2D eigenvalue weighted by molar-refractivity contribution is 5.83. The molecule has 0 unspecified atom stereocenters. The number of carbonyl (C=O) groups is 1. The summed E-state index contributed by atoms with van der Waals surface area (Å²) in [4.78, 5) is 52.5. The molecule has 15 heteroatoms. The van der Waals surface area contributed by atoms with Gasteiger partial charge in [-0.15, -0.1) is 0 Å². The minimum Gasteiger partial charge on any atom is -0.497 e. The Hall–Kier alpha value is -5.47. The number of nitrogens with one attached hydrogen (secondary N) is 2. The lowest BCUT2D eigenvalue weighted by Crippen LogP contribution is -2.38. The zero-order valence-corrected chi connectivity index (χ0v) is 20.4. The van der Waals surface area contributed by atoms with E-state index in [9.17, 15) is 24.5 Å². The first kappa shape index (κ1) is 25.6. The van der Waals surface area contributed by atoms with Crippen molar-refractivity contribution in [1.29, 1.82) is 0 Å². The predicted octanol–water partition coefficient (Wildman–Crippen LogP) is 1.50. The summed E-state index contributed by atoms with van der Waals surface area (Å²) in [5.41, 5.74) is 1.85. The van der Waals surface area contributed by atoms with Gasteiger partial charge in [0.25, 0.3) is 11.5 Å². The Bertz CT molecular complexity index is 1710. The van der Waals surface area contributed by atoms with Gasteiger partial charge in [0.15, 0.2) is 11.2 Å². The third-order valence-electron chi connectivity index (χ3n) is 5.38. The van der Waals surface area contributed by atoms with Crippen molar-refractivity contribution in [2.45, 2.75) is 6.54 Å². The minimum atomic E-state index is -0.659. The molecule has 0 atom stereocenters. The number of benzene rings is 1. The number of furan rings is 1. The quantitative estimate of drug-likeness (QED) is 0.187. The number of hydrogen-bond donors (Lipinski definition) is 2. The zero-order valence-electron chi connectivity index (χ0n) is 20.4. The Morgan fingerprint density at radius 2 is 2.03 bits per heavy atom. The molecule has 0 saturated heterocycles. The smallest absolute Gasteiger partial charge is 0.433 e. The number of anilines is 2. The standard InChI is InChI=1S/C23H22N8O7/c1-28-20-19(21(33)29(2)23(28)34)30(22(26-20)25-14-6-4-7-16(12-14)37-3)13-17(32)27-24-11-5-8-15-9-10-18(38-15)31(35)36/h4-12H,13H2,1-3H3,(H,25,26)(H,27,32). The van der Waals surface area contributed by atoms with Crippen LogP contribution in [-0.4, -0.2) is 42.8 Å². The highest BCUT2D eigenvalue weighted by atomic mass is 16.6. The number of hydrogen-bond acceptors (Lipinski definition) is 10. The van der Waals surface area contributed by atoms with Gasteiger partial charge >= 0.3 is 11.6 Å². The molecule has 0 aliphatic rings. The first-order chi connectivity index (χ1) is 18.2. The van der Waals surface area contributed by atoms with E-state index in [1.54, 1.807) is 24.3 Å². The molecule has 0 aliphatic carbocycles. The first-order valence-electron chi connectivity index (χ1n) is 11.0. The van der Waals surface area contributed by atoms with Crippen LogP contribution in [0, 0.1) is 10.1 Å². The van der Waals surface area contributed by atoms with Crippen LogP contribution in [0.1, 0.15) is 5.76 Å². The number of carbonyl (C=O) groups excluding carboxylic acids is 1. The number of rotatable bonds is 9. The van der Waals surface area contributed by atoms with Crippen LogP contribution in [0.15, 0.2) is 61.6 Å². The predicted molar refractivity (Wildman–Crippen MR) is 138 cm³/mol. The Kier molecular flexibility index (Phi) is 7.18. The highest BCUT2D eigenvalue weighted by Crippen LogP contribution is 2.23. The zero-order chi connectivity index (χ0) is 27.4. The molecule has 0 saturated carbocycles. The topological polar surface area (TPSA) is 181 Å². The van der Waals surface area contributed by atoms with Gasteiger partial charge in [-0.2, -0.15) is 10.1 Å². The number of imidazole rings is 1. The van der Waals surface area contributed by atoms with Gasteiger partial charge in [0.2, 0.25) is 5.95 Å². The van der Waals surface area contributed by atoms with E-state index in [1.807, 2.05) is 0 Å². The SMILES string of the molecule is COc1cccc(Nc2nc3c(c(=O)n(C)c(=O)n3C)n2CC(=O)NN=CC=Cc2ccc([N+](=O)[O-])o2)c1. The minimum absolute atomic E-state index is 0.0402. The summed E-state index contributed by atoms with van der Waals surface area (Å²) in [6.07, 6.45) is 4.08. The fourth-order valence-electron chi connectivity index (χ4n) is 3.52. The Morgan fingerprint density at radius 3 is 2.74 bits per heavy atom. The van der Waals surface area contributed by atoms with E-state index in [4.69, 9.17) is 9.15 Å². The number of nitrogens with zero attached hydrogens (tertiary/aromatic N) is 6. The number of allylic oxidation sites excluding steroid dienone is 1. The van der Waals surface area contributed by atoms with E-state index in [1.165, 1.54) is 60.8 Å². The normalized spacial score (nSPS) is 11.4. The summed E-state index contributed by atoms with van der Waals surface area (Å²) in [5.74, 6) is -0.0408. The lowest BCUT2D eigenvalue weighted by atomic mass is 10.3. The van der Waals surface area contributed by atoms with Crippen molar-refractivity contribution in [2.24, 2.45) is 19.2 Å². The van der Waals surface area contributed by atoms with Crippen molar-refractivity contribution in [1.82, 2.24) is 24.1 Å². The van der Waals surface area contributed by atoms with Crippen molar-refractivity contribution < 1.29 is 18.9 Å². The van der Waals surface area contributed by atoms with Gasteiger partial charge in [-0.1, -0.05) is 6.07 Å². The summed E-state index contributed by atoms with van der Waals surface area (Å²) in [5, 5.41) is 17.5. The van der Waals surface area contributed by atoms with E-state index >= 15 is 0 Å². The molecule has 38 heavy (non-hydrogen) atoms. The van der Waals surface area contributed by atoms with Crippen LogP contribution in [0.3, 0.4) is 0 Å². The number of amides is 1. The Morgan fingerprint density at radius 1 is 1.24 bits per heavy atom. The number of methoxy groups -OCH3 is 1. The van der Waals surface area contributed by atoms with Crippen molar-refractivity contribution >= 4 is 46.9 Å². The third kappa shape index (κ3) is 5.20. The van der Waals surface area contributed by atoms with Crippen LogP contribution < -0.4 is 26.7 Å². The molecule has 4 aromatic rings. The maximum Gasteiger partial charge on any atom is 0.433 e. The first-order valence-corrected chi connectivity index (χ1v) is 11.0. The van der Waals surface area contributed by atoms with Crippen molar-refractivity contribution in [3.63, 3.8) is 0 Å². The fourth-order valence-corrected chi connectivity index (χ4v) is 3.52. The van der Waals surface area contributed by atoms with Crippen LogP contribution in [-0.2, 0) is 25.4 Å². The number of nitro groups is 1. The van der Waals surface area contributed by atoms with Crippen LogP contribution in [0.25, 0.3) is 17.2 Å². The van der Waals surface area contributed by atoms with Crippen molar-refractivity contribution in [2.75, 3.05) is 12.4 Å². The molecule has 4 rings (SSSR count). The number of aryl methyl sites for hydroxylation is 1. The van der Waals surface area contributed by atoms with Crippen molar-refractivity contribution in [3.05, 3.63) is 79.2 Å². The molecule has 1 aromatic carbocycles. The molecule has 0 aliphatic heterocycles. The van der Waals surface area contributed by atoms with Gasteiger partial charge in [0.1, 0.15) is 23.0 Å². The molecule has 3 aromatic heterocycles. The van der Waals surface area contributed by atoms with E-state index in [2.05, 4.69) is 20.8 Å². The van der Waals surface area contributed by atoms with Gasteiger partial charge < -0.3 is 14.5 Å². The molecule has 196 valence electrons. The van der Waals surface area contributed by atoms with Crippen LogP contribution >= 0.6 is 0 Å². The average Bonchev–Trinajstić information content (AvgIpc) is 3.51. The molecule has 0 spiro atoms. The number of ether oxygens (including phenoxy) is 1. The molecule has 3 heterocycles. The van der Waals surface area contributed by atoms with Crippen LogP contribution in [0.5, 0.6) is 5.75 Å². The molecule has 1 amide bonds. The number of fused-ring (bicyclic) bond motifs is 1. The molecular weight excluding hydrogens is 500 g/mol. The summed E-state index contributed by atoms with van der Waals surface area (Å²) >= 11 is 0. The monoisotopic (exact) mass is 522 g/mol. The molecule has 0 bridgehead atoms. The van der Waals surface area contributed by atoms with Gasteiger partial charge in [0.05, 0.1) is 13.2 Å². The van der Waals surface area contributed by atoms with E-state index < -0.39 is 28.0 Å². The molecule has 0 radical (unpaired) electrons. The van der Waals surface area contributed by atoms with Gasteiger partial charge in [0, 0.05) is 32.1 Å². The average molecular weight is 522 g/mol. The molecule has 15 nitrogen and oxygen atoms in total. The molecular formula is C23H22N8O7. The maximum absolute atomic E-state index is 13.0. The molecule has 2 N–H and O–H groups in total. The highest BCUT2D eigenvalue weighted by Gasteiger charge is 2.21. The summed E-state index contributed by atoms with van der Waals surface area (Å²) in [6.45, 7) is -0.359. The number of hydrazone groups is 1. The van der Waals surface area contributed by atoms with Crippen LogP contribution in [0.4, 0.5) is 17.5 Å². The second kappa shape index (κ2) is 10.7. The van der Waals surface area contributed by atoms with Gasteiger partial charge in [-0.25, -0.2) is 10.2 Å². The summed E-state index contributed by atoms with van der Waals surface area (Å²) in [6, 6.07) is 9.57. The van der Waals surface area contributed by atoms with Crippen LogP contribution in [0.2, 0.25) is 0 Å². The van der Waals surface area contributed by atoms with Gasteiger partial charge in [-0.05, 0) is 30.4 Å². The Labute approximate surface area is 213 Å². The third-order valence-corrected chi connectivity index (χ3v) is 5.38. The molecule has 0 fully saturated rings. The Balaban J connectivity index is 1.59. The second-order valence-electron chi connectivity index (χ2n) is 7.86. The van der Waals surface area contributed by atoms with E-state index in [0.29, 0.717) is 11.4 Å². The fraction of sp³-hybridized carbons (Fsp3) is 0.174. The largest absolute Gasteiger partial charge is 0.497 e. The second-order valence-corrected chi connectivity index (χ2v) is 7.86. The number of aromatic nitrogens is 4. The lowest BCUT2D eigenvalue weighted by Gasteiger charge is -2.11. The van der Waals surface area contributed by atoms with E-state index in [0.717, 1.165) is 4.57 Å². The van der Waals surface area contributed by atoms with Crippen molar-refractivity contribution in [3.8, 4) is 5.75 Å². The van der Waals surface area contributed by atoms with Gasteiger partial charge in [-0.3, -0.25) is 33.4 Å². The lowest BCUT2D eigenvalue weighted by molar-refractivity contribution is -0.402. The summed E-state index contributed by atoms with van der Waals surface area (Å²) in [7, 11) is 4.33.